The number of hydrogen-bond donors (Lipinski definition) is 0. The number of ether oxygens (including phenoxy) is 1. The second kappa shape index (κ2) is 8.68. The van der Waals surface area contributed by atoms with E-state index in [4.69, 9.17) is 4.74 Å². The zero-order valence-corrected chi connectivity index (χ0v) is 25.3. The van der Waals surface area contributed by atoms with E-state index in [0.29, 0.717) is 47.4 Å². The van der Waals surface area contributed by atoms with Gasteiger partial charge in [-0.25, -0.2) is 0 Å². The number of esters is 1. The minimum Gasteiger partial charge on any atom is -0.464 e. The number of halogens is 1. The summed E-state index contributed by atoms with van der Waals surface area (Å²) in [7, 11) is 0. The van der Waals surface area contributed by atoms with Crippen molar-refractivity contribution in [2.75, 3.05) is 11.9 Å². The van der Waals surface area contributed by atoms with Gasteiger partial charge in [-0.05, 0) is 111 Å². The molecule has 4 heteroatoms. The monoisotopic (exact) mass is 560 g/mol. The van der Waals surface area contributed by atoms with Crippen molar-refractivity contribution < 1.29 is 14.3 Å². The summed E-state index contributed by atoms with van der Waals surface area (Å²) in [4.78, 5) is 25.2. The molecule has 0 aliphatic heterocycles. The molecule has 9 atom stereocenters. The molecule has 202 valence electrons. The van der Waals surface area contributed by atoms with Crippen LogP contribution < -0.4 is 0 Å². The number of rotatable bonds is 4. The minimum absolute atomic E-state index is 0.106. The third-order valence-electron chi connectivity index (χ3n) is 13.6. The van der Waals surface area contributed by atoms with Gasteiger partial charge in [0.05, 0.1) is 6.61 Å². The lowest BCUT2D eigenvalue weighted by atomic mass is 9.32. The highest BCUT2D eigenvalue weighted by Crippen LogP contribution is 2.77. The summed E-state index contributed by atoms with van der Waals surface area (Å²) in [6.45, 7) is 19.6. The summed E-state index contributed by atoms with van der Waals surface area (Å²) in [6, 6.07) is 0. The molecule has 0 spiro atoms. The molecule has 5 rings (SSSR count). The van der Waals surface area contributed by atoms with Crippen LogP contribution in [-0.2, 0) is 14.3 Å². The predicted octanol–water partition coefficient (Wildman–Crippen LogP) is 8.15. The van der Waals surface area contributed by atoms with Gasteiger partial charge in [-0.15, -0.1) is 0 Å². The van der Waals surface area contributed by atoms with Crippen molar-refractivity contribution in [1.29, 1.82) is 0 Å². The van der Waals surface area contributed by atoms with Crippen molar-refractivity contribution in [2.45, 2.75) is 106 Å². The third-order valence-corrected chi connectivity index (χ3v) is 14.1. The van der Waals surface area contributed by atoms with Crippen molar-refractivity contribution >= 4 is 27.7 Å². The number of ketones is 1. The Balaban J connectivity index is 1.52. The van der Waals surface area contributed by atoms with Gasteiger partial charge in [0.15, 0.2) is 0 Å². The van der Waals surface area contributed by atoms with Crippen LogP contribution in [0.4, 0.5) is 0 Å². The SMILES string of the molecule is C=C(C)[C@@H]1CC[C@]2(COC(=O)CBr)CC[C@]3(C)[C@H](CC[C@@H]4[C@@]5(C)CCC(=O)C(C)(C)[C@@H]5CC[C@]43C)[C@@H]12. The van der Waals surface area contributed by atoms with E-state index in [9.17, 15) is 9.59 Å². The molecule has 0 aromatic rings. The molecule has 0 unspecified atom stereocenters. The Morgan fingerprint density at radius 3 is 2.33 bits per heavy atom. The standard InChI is InChI=1S/C32H49BrO3/c1-20(2)21-10-15-32(19-36-26(35)18-33)17-16-30(6)22(27(21)32)8-9-24-29(5)13-12-25(34)28(3,4)23(29)11-14-31(24,30)7/h21-24,27H,1,8-19H2,2-7H3/t21-,22+,23-,24+,27+,29-,30+,31+,32+/m0/s1. The Morgan fingerprint density at radius 2 is 1.67 bits per heavy atom. The molecule has 0 amide bonds. The summed E-state index contributed by atoms with van der Waals surface area (Å²) >= 11 is 3.29. The Hall–Kier alpha value is -0.640. The summed E-state index contributed by atoms with van der Waals surface area (Å²) in [5.74, 6) is 3.29. The third kappa shape index (κ3) is 3.47. The van der Waals surface area contributed by atoms with Crippen LogP contribution in [0.1, 0.15) is 106 Å². The molecule has 3 nitrogen and oxygen atoms in total. The molecular formula is C32H49BrO3. The minimum atomic E-state index is -0.191. The predicted molar refractivity (Wildman–Crippen MR) is 149 cm³/mol. The average Bonchev–Trinajstić information content (AvgIpc) is 3.21. The zero-order chi connectivity index (χ0) is 26.3. The quantitative estimate of drug-likeness (QED) is 0.198. The molecule has 5 aliphatic rings. The van der Waals surface area contributed by atoms with E-state index in [2.05, 4.69) is 64.1 Å². The number of Topliss-reactive ketones (excluding diaryl/α,β-unsaturated/α-hetero) is 1. The molecule has 36 heavy (non-hydrogen) atoms. The largest absolute Gasteiger partial charge is 0.464 e. The number of alkyl halides is 1. The number of carbonyl (C=O) groups excluding carboxylic acids is 2. The lowest BCUT2D eigenvalue weighted by Crippen LogP contribution is -2.66. The van der Waals surface area contributed by atoms with Crippen molar-refractivity contribution in [3.05, 3.63) is 12.2 Å². The van der Waals surface area contributed by atoms with Gasteiger partial charge in [0, 0.05) is 17.3 Å². The smallest absolute Gasteiger partial charge is 0.316 e. The van der Waals surface area contributed by atoms with Crippen LogP contribution in [0.25, 0.3) is 0 Å². The summed E-state index contributed by atoms with van der Waals surface area (Å²) < 4.78 is 5.88. The van der Waals surface area contributed by atoms with Gasteiger partial charge in [0.2, 0.25) is 0 Å². The Kier molecular flexibility index (Phi) is 6.50. The molecule has 0 saturated heterocycles. The Morgan fingerprint density at radius 1 is 0.944 bits per heavy atom. The topological polar surface area (TPSA) is 43.4 Å². The highest BCUT2D eigenvalue weighted by atomic mass is 79.9. The first-order valence-electron chi connectivity index (χ1n) is 14.7. The molecule has 0 aromatic heterocycles. The maximum Gasteiger partial charge on any atom is 0.316 e. The van der Waals surface area contributed by atoms with Crippen molar-refractivity contribution in [3.8, 4) is 0 Å². The molecule has 5 fully saturated rings. The average molecular weight is 562 g/mol. The lowest BCUT2D eigenvalue weighted by Gasteiger charge is -2.72. The Bertz CT molecular complexity index is 955. The molecule has 0 radical (unpaired) electrons. The number of allylic oxidation sites excluding steroid dienone is 1. The highest BCUT2D eigenvalue weighted by molar-refractivity contribution is 9.09. The fraction of sp³-hybridized carbons (Fsp3) is 0.875. The van der Waals surface area contributed by atoms with Crippen molar-refractivity contribution in [2.24, 2.45) is 56.7 Å². The van der Waals surface area contributed by atoms with E-state index in [-0.39, 0.29) is 33.0 Å². The van der Waals surface area contributed by atoms with Gasteiger partial charge in [0.1, 0.15) is 11.1 Å². The van der Waals surface area contributed by atoms with Crippen LogP contribution >= 0.6 is 15.9 Å². The van der Waals surface area contributed by atoms with E-state index in [0.717, 1.165) is 25.7 Å². The van der Waals surface area contributed by atoms with Gasteiger partial charge in [-0.3, -0.25) is 9.59 Å². The maximum absolute atomic E-state index is 13.0. The van der Waals surface area contributed by atoms with Gasteiger partial charge in [-0.2, -0.15) is 0 Å². The molecule has 0 N–H and O–H groups in total. The molecule has 5 saturated carbocycles. The fourth-order valence-electron chi connectivity index (χ4n) is 11.6. The van der Waals surface area contributed by atoms with E-state index < -0.39 is 0 Å². The molecule has 5 aliphatic carbocycles. The molecule has 0 bridgehead atoms. The van der Waals surface area contributed by atoms with Crippen molar-refractivity contribution in [1.82, 2.24) is 0 Å². The molecule has 0 aromatic carbocycles. The summed E-state index contributed by atoms with van der Waals surface area (Å²) in [5.41, 5.74) is 2.06. The van der Waals surface area contributed by atoms with E-state index in [1.165, 1.54) is 44.1 Å². The normalized spacial score (nSPS) is 49.3. The first kappa shape index (κ1) is 26.9. The zero-order valence-electron chi connectivity index (χ0n) is 23.7. The van der Waals surface area contributed by atoms with Crippen LogP contribution in [0.3, 0.4) is 0 Å². The molecule has 0 heterocycles. The van der Waals surface area contributed by atoms with Gasteiger partial charge in [0.25, 0.3) is 0 Å². The number of fused-ring (bicyclic) bond motifs is 7. The number of carbonyl (C=O) groups is 2. The summed E-state index contributed by atoms with van der Waals surface area (Å²) in [6.07, 6.45) is 11.6. The number of hydrogen-bond acceptors (Lipinski definition) is 3. The van der Waals surface area contributed by atoms with Crippen molar-refractivity contribution in [3.63, 3.8) is 0 Å². The Labute approximate surface area is 228 Å². The van der Waals surface area contributed by atoms with E-state index in [1.807, 2.05) is 0 Å². The second-order valence-electron chi connectivity index (χ2n) is 15.0. The van der Waals surface area contributed by atoms with Gasteiger partial charge >= 0.3 is 5.97 Å². The maximum atomic E-state index is 13.0. The van der Waals surface area contributed by atoms with Crippen LogP contribution in [0.5, 0.6) is 0 Å². The molecular weight excluding hydrogens is 512 g/mol. The fourth-order valence-corrected chi connectivity index (χ4v) is 11.8. The van der Waals surface area contributed by atoms with Gasteiger partial charge in [-0.1, -0.05) is 62.7 Å². The van der Waals surface area contributed by atoms with Gasteiger partial charge < -0.3 is 4.74 Å². The second-order valence-corrected chi connectivity index (χ2v) is 15.5. The van der Waals surface area contributed by atoms with Crippen LogP contribution in [0.15, 0.2) is 12.2 Å². The van der Waals surface area contributed by atoms with E-state index in [1.54, 1.807) is 0 Å². The van der Waals surface area contributed by atoms with Crippen LogP contribution in [0.2, 0.25) is 0 Å². The van der Waals surface area contributed by atoms with Crippen LogP contribution in [0, 0.1) is 56.7 Å². The van der Waals surface area contributed by atoms with Crippen LogP contribution in [-0.4, -0.2) is 23.7 Å². The highest BCUT2D eigenvalue weighted by Gasteiger charge is 2.71. The summed E-state index contributed by atoms with van der Waals surface area (Å²) in [5, 5.41) is 0.275. The first-order chi connectivity index (χ1) is 16.8. The van der Waals surface area contributed by atoms with E-state index >= 15 is 0 Å². The first-order valence-corrected chi connectivity index (χ1v) is 15.8. The lowest BCUT2D eigenvalue weighted by molar-refractivity contribution is -0.237.